The largest absolute Gasteiger partial charge is 0.450 e. The number of aryl methyl sites for hydroxylation is 1. The maximum Gasteiger partial charge on any atom is 0.409 e. The van der Waals surface area contributed by atoms with E-state index in [0.29, 0.717) is 38.1 Å². The molecule has 2 amide bonds. The molecule has 1 aromatic heterocycles. The number of anilines is 2. The Bertz CT molecular complexity index is 1120. The van der Waals surface area contributed by atoms with Gasteiger partial charge in [0.2, 0.25) is 0 Å². The van der Waals surface area contributed by atoms with Gasteiger partial charge >= 0.3 is 6.09 Å². The first-order valence-electron chi connectivity index (χ1n) is 11.0. The average Bonchev–Trinajstić information content (AvgIpc) is 2.80. The second-order valence-corrected chi connectivity index (χ2v) is 7.97. The van der Waals surface area contributed by atoms with Crippen LogP contribution in [-0.4, -0.2) is 47.6 Å². The van der Waals surface area contributed by atoms with E-state index in [9.17, 15) is 9.59 Å². The predicted molar refractivity (Wildman–Crippen MR) is 125 cm³/mol. The number of nitrogens with zero attached hydrogens (tertiary/aromatic N) is 2. The van der Waals surface area contributed by atoms with E-state index in [4.69, 9.17) is 4.74 Å². The molecule has 0 unspecified atom stereocenters. The van der Waals surface area contributed by atoms with Crippen molar-refractivity contribution in [1.29, 1.82) is 0 Å². The molecule has 2 heterocycles. The zero-order valence-corrected chi connectivity index (χ0v) is 18.4. The normalized spacial score (nSPS) is 14.2. The third-order valence-corrected chi connectivity index (χ3v) is 5.60. The molecule has 0 aliphatic carbocycles. The van der Waals surface area contributed by atoms with Crippen molar-refractivity contribution in [2.45, 2.75) is 32.7 Å². The summed E-state index contributed by atoms with van der Waals surface area (Å²) in [4.78, 5) is 31.0. The van der Waals surface area contributed by atoms with E-state index >= 15 is 0 Å². The van der Waals surface area contributed by atoms with Crippen molar-refractivity contribution in [3.05, 3.63) is 65.9 Å². The molecular formula is C25H28N4O3. The number of rotatable bonds is 5. The van der Waals surface area contributed by atoms with Crippen LogP contribution in [0.4, 0.5) is 16.2 Å². The molecule has 7 nitrogen and oxygen atoms in total. The van der Waals surface area contributed by atoms with E-state index in [1.54, 1.807) is 11.8 Å². The van der Waals surface area contributed by atoms with Crippen molar-refractivity contribution < 1.29 is 14.3 Å². The highest BCUT2D eigenvalue weighted by Crippen LogP contribution is 2.26. The summed E-state index contributed by atoms with van der Waals surface area (Å²) < 4.78 is 5.05. The van der Waals surface area contributed by atoms with Crippen LogP contribution < -0.4 is 10.6 Å². The van der Waals surface area contributed by atoms with Gasteiger partial charge in [0.1, 0.15) is 0 Å². The lowest BCUT2D eigenvalue weighted by atomic mass is 10.0. The molecule has 0 radical (unpaired) electrons. The van der Waals surface area contributed by atoms with Crippen LogP contribution in [0, 0.1) is 6.92 Å². The smallest absolute Gasteiger partial charge is 0.409 e. The van der Waals surface area contributed by atoms with Crippen LogP contribution in [0.15, 0.2) is 54.6 Å². The summed E-state index contributed by atoms with van der Waals surface area (Å²) in [5.74, 6) is -0.112. The molecule has 4 rings (SSSR count). The number of amides is 2. The van der Waals surface area contributed by atoms with Gasteiger partial charge in [0.05, 0.1) is 12.1 Å². The van der Waals surface area contributed by atoms with Gasteiger partial charge in [-0.1, -0.05) is 24.3 Å². The highest BCUT2D eigenvalue weighted by atomic mass is 16.6. The number of hydrogen-bond donors (Lipinski definition) is 2. The maximum atomic E-state index is 12.8. The highest BCUT2D eigenvalue weighted by Gasteiger charge is 2.24. The van der Waals surface area contributed by atoms with Crippen molar-refractivity contribution in [1.82, 2.24) is 15.2 Å². The fourth-order valence-corrected chi connectivity index (χ4v) is 3.99. The summed E-state index contributed by atoms with van der Waals surface area (Å²) in [6, 6.07) is 17.5. The summed E-state index contributed by atoms with van der Waals surface area (Å²) in [5, 5.41) is 7.57. The van der Waals surface area contributed by atoms with Crippen LogP contribution in [0.25, 0.3) is 10.9 Å². The van der Waals surface area contributed by atoms with Crippen LogP contribution >= 0.6 is 0 Å². The van der Waals surface area contributed by atoms with Gasteiger partial charge in [-0.05, 0) is 57.0 Å². The molecule has 166 valence electrons. The topological polar surface area (TPSA) is 83.6 Å². The molecule has 2 N–H and O–H groups in total. The number of aromatic nitrogens is 1. The molecule has 0 spiro atoms. The number of para-hydroxylation sites is 1. The molecule has 1 aliphatic rings. The minimum Gasteiger partial charge on any atom is -0.450 e. The molecule has 0 saturated carbocycles. The third kappa shape index (κ3) is 4.99. The van der Waals surface area contributed by atoms with Crippen LogP contribution in [0.5, 0.6) is 0 Å². The molecule has 2 aromatic carbocycles. The number of fused-ring (bicyclic) bond motifs is 1. The first kappa shape index (κ1) is 21.6. The number of ether oxygens (including phenoxy) is 1. The van der Waals surface area contributed by atoms with Crippen molar-refractivity contribution in [2.75, 3.05) is 25.0 Å². The van der Waals surface area contributed by atoms with E-state index in [-0.39, 0.29) is 18.0 Å². The van der Waals surface area contributed by atoms with E-state index < -0.39 is 0 Å². The van der Waals surface area contributed by atoms with Crippen molar-refractivity contribution in [2.24, 2.45) is 0 Å². The number of pyridine rings is 1. The molecule has 0 bridgehead atoms. The lowest BCUT2D eigenvalue weighted by molar-refractivity contribution is 0.0860. The lowest BCUT2D eigenvalue weighted by Crippen LogP contribution is -2.46. The number of nitrogens with one attached hydrogen (secondary N) is 2. The molecule has 7 heteroatoms. The molecule has 32 heavy (non-hydrogen) atoms. The Morgan fingerprint density at radius 2 is 1.88 bits per heavy atom. The zero-order valence-electron chi connectivity index (χ0n) is 18.4. The van der Waals surface area contributed by atoms with E-state index in [1.165, 1.54) is 0 Å². The SMILES string of the molecule is CCOC(=O)N1CCC(NC(=O)c2cccc(Nc3cc(C)nc4ccccc34)c2)CC1. The fourth-order valence-electron chi connectivity index (χ4n) is 3.99. The monoisotopic (exact) mass is 432 g/mol. The van der Waals surface area contributed by atoms with Crippen LogP contribution in [0.2, 0.25) is 0 Å². The van der Waals surface area contributed by atoms with E-state index in [0.717, 1.165) is 28.0 Å². The minimum absolute atomic E-state index is 0.0385. The Hall–Kier alpha value is -3.61. The van der Waals surface area contributed by atoms with Gasteiger partial charge in [-0.2, -0.15) is 0 Å². The molecular weight excluding hydrogens is 404 g/mol. The summed E-state index contributed by atoms with van der Waals surface area (Å²) in [6.45, 7) is 5.30. The molecule has 3 aromatic rings. The second kappa shape index (κ2) is 9.68. The quantitative estimate of drug-likeness (QED) is 0.614. The Morgan fingerprint density at radius 3 is 2.66 bits per heavy atom. The number of carbonyl (C=O) groups excluding carboxylic acids is 2. The van der Waals surface area contributed by atoms with Crippen molar-refractivity contribution in [3.8, 4) is 0 Å². The number of likely N-dealkylation sites (tertiary alicyclic amines) is 1. The predicted octanol–water partition coefficient (Wildman–Crippen LogP) is 4.64. The van der Waals surface area contributed by atoms with Gasteiger partial charge in [0.25, 0.3) is 5.91 Å². The van der Waals surface area contributed by atoms with E-state index in [1.807, 2.05) is 61.5 Å². The van der Waals surface area contributed by atoms with Crippen molar-refractivity contribution >= 4 is 34.3 Å². The maximum absolute atomic E-state index is 12.8. The average molecular weight is 433 g/mol. The van der Waals surface area contributed by atoms with Gasteiger partial charge in [-0.15, -0.1) is 0 Å². The Balaban J connectivity index is 1.42. The van der Waals surface area contributed by atoms with Crippen LogP contribution in [-0.2, 0) is 4.74 Å². The Kier molecular flexibility index (Phi) is 6.54. The van der Waals surface area contributed by atoms with E-state index in [2.05, 4.69) is 15.6 Å². The Labute approximate surface area is 187 Å². The molecule has 0 atom stereocenters. The standard InChI is InChI=1S/C25H28N4O3/c1-3-32-25(31)29-13-11-19(12-14-29)28-24(30)18-7-6-8-20(16-18)27-23-15-17(2)26-22-10-5-4-9-21(22)23/h4-10,15-16,19H,3,11-14H2,1-2H3,(H,26,27)(H,28,30). The lowest BCUT2D eigenvalue weighted by Gasteiger charge is -2.31. The molecule has 1 saturated heterocycles. The number of benzene rings is 2. The molecule has 1 aliphatic heterocycles. The first-order valence-corrected chi connectivity index (χ1v) is 11.0. The first-order chi connectivity index (χ1) is 15.5. The number of hydrogen-bond acceptors (Lipinski definition) is 5. The van der Waals surface area contributed by atoms with Gasteiger partial charge in [-0.3, -0.25) is 9.78 Å². The second-order valence-electron chi connectivity index (χ2n) is 7.97. The fraction of sp³-hybridized carbons (Fsp3) is 0.320. The van der Waals surface area contributed by atoms with Gasteiger partial charge in [-0.25, -0.2) is 4.79 Å². The summed E-state index contributed by atoms with van der Waals surface area (Å²) in [7, 11) is 0. The van der Waals surface area contributed by atoms with Gasteiger partial charge in [0, 0.05) is 47.1 Å². The number of carbonyl (C=O) groups is 2. The Morgan fingerprint density at radius 1 is 1.09 bits per heavy atom. The van der Waals surface area contributed by atoms with Gasteiger partial charge < -0.3 is 20.3 Å². The summed E-state index contributed by atoms with van der Waals surface area (Å²) >= 11 is 0. The van der Waals surface area contributed by atoms with Gasteiger partial charge in [0.15, 0.2) is 0 Å². The number of piperidine rings is 1. The molecule has 1 fully saturated rings. The summed E-state index contributed by atoms with van der Waals surface area (Å²) in [5.41, 5.74) is 4.24. The minimum atomic E-state index is -0.282. The zero-order chi connectivity index (χ0) is 22.5. The summed E-state index contributed by atoms with van der Waals surface area (Å²) in [6.07, 6.45) is 1.14. The van der Waals surface area contributed by atoms with Crippen LogP contribution in [0.3, 0.4) is 0 Å². The highest BCUT2D eigenvalue weighted by molar-refractivity contribution is 5.97. The third-order valence-electron chi connectivity index (χ3n) is 5.60. The van der Waals surface area contributed by atoms with Crippen molar-refractivity contribution in [3.63, 3.8) is 0 Å². The van der Waals surface area contributed by atoms with Crippen LogP contribution in [0.1, 0.15) is 35.8 Å².